The number of ketones is 1. The highest BCUT2D eigenvalue weighted by Crippen LogP contribution is 2.28. The minimum atomic E-state index is -0.758. The van der Waals surface area contributed by atoms with Gasteiger partial charge in [0.1, 0.15) is 5.82 Å². The third-order valence-corrected chi connectivity index (χ3v) is 3.15. The van der Waals surface area contributed by atoms with Crippen LogP contribution in [0.25, 0.3) is 0 Å². The quantitative estimate of drug-likeness (QED) is 0.800. The normalized spacial score (nSPS) is 24.1. The van der Waals surface area contributed by atoms with Crippen molar-refractivity contribution in [3.8, 4) is 0 Å². The first kappa shape index (κ1) is 12.0. The minimum Gasteiger partial charge on any atom is -0.388 e. The van der Waals surface area contributed by atoms with Gasteiger partial charge in [-0.1, -0.05) is 0 Å². The standard InChI is InChI=1S/C13H16FNO2/c1-9(16)10-3-4-12(11(14)7-10)15-6-5-13(2,17)8-15/h3-4,7,17H,5-6,8H2,1-2H3. The molecule has 0 spiro atoms. The summed E-state index contributed by atoms with van der Waals surface area (Å²) in [6.45, 7) is 4.20. The van der Waals surface area contributed by atoms with E-state index in [0.29, 0.717) is 30.8 Å². The van der Waals surface area contributed by atoms with E-state index in [4.69, 9.17) is 0 Å². The van der Waals surface area contributed by atoms with Crippen molar-refractivity contribution < 1.29 is 14.3 Å². The van der Waals surface area contributed by atoms with Crippen molar-refractivity contribution in [2.75, 3.05) is 18.0 Å². The predicted octanol–water partition coefficient (Wildman–Crippen LogP) is 1.99. The van der Waals surface area contributed by atoms with E-state index in [0.717, 1.165) is 0 Å². The zero-order chi connectivity index (χ0) is 12.6. The summed E-state index contributed by atoms with van der Waals surface area (Å²) in [6, 6.07) is 4.48. The van der Waals surface area contributed by atoms with Crippen molar-refractivity contribution >= 4 is 11.5 Å². The summed E-state index contributed by atoms with van der Waals surface area (Å²) in [5, 5.41) is 9.84. The topological polar surface area (TPSA) is 40.5 Å². The smallest absolute Gasteiger partial charge is 0.159 e. The fourth-order valence-electron chi connectivity index (χ4n) is 2.13. The number of halogens is 1. The van der Waals surface area contributed by atoms with Gasteiger partial charge in [-0.25, -0.2) is 4.39 Å². The molecule has 1 N–H and O–H groups in total. The molecule has 92 valence electrons. The Hall–Kier alpha value is -1.42. The van der Waals surface area contributed by atoms with E-state index < -0.39 is 11.4 Å². The number of β-amino-alcohol motifs (C(OH)–C–C–N with tert-alkyl or cyclic N) is 1. The number of carbonyl (C=O) groups is 1. The summed E-state index contributed by atoms with van der Waals surface area (Å²) in [6.07, 6.45) is 0.626. The monoisotopic (exact) mass is 237 g/mol. The van der Waals surface area contributed by atoms with E-state index in [1.54, 1.807) is 24.0 Å². The molecule has 1 aliphatic heterocycles. The van der Waals surface area contributed by atoms with Crippen molar-refractivity contribution in [1.29, 1.82) is 0 Å². The molecular formula is C13H16FNO2. The molecule has 1 aromatic rings. The van der Waals surface area contributed by atoms with Crippen LogP contribution < -0.4 is 4.90 Å². The zero-order valence-corrected chi connectivity index (χ0v) is 10.0. The van der Waals surface area contributed by atoms with E-state index in [2.05, 4.69) is 0 Å². The van der Waals surface area contributed by atoms with Gasteiger partial charge in [0, 0.05) is 18.7 Å². The van der Waals surface area contributed by atoms with Gasteiger partial charge in [0.05, 0.1) is 11.3 Å². The highest BCUT2D eigenvalue weighted by molar-refractivity contribution is 5.94. The van der Waals surface area contributed by atoms with Gasteiger partial charge in [0.15, 0.2) is 5.78 Å². The van der Waals surface area contributed by atoms with Crippen LogP contribution in [0.3, 0.4) is 0 Å². The summed E-state index contributed by atoms with van der Waals surface area (Å²) >= 11 is 0. The van der Waals surface area contributed by atoms with Gasteiger partial charge >= 0.3 is 0 Å². The Bertz CT molecular complexity index is 457. The molecule has 1 fully saturated rings. The lowest BCUT2D eigenvalue weighted by molar-refractivity contribution is 0.0839. The van der Waals surface area contributed by atoms with E-state index in [-0.39, 0.29) is 5.78 Å². The summed E-state index contributed by atoms with van der Waals surface area (Å²) in [5.41, 5.74) is 0.0658. The summed E-state index contributed by atoms with van der Waals surface area (Å²) < 4.78 is 13.8. The van der Waals surface area contributed by atoms with E-state index in [9.17, 15) is 14.3 Å². The SMILES string of the molecule is CC(=O)c1ccc(N2CCC(C)(O)C2)c(F)c1. The number of Topliss-reactive ketones (excluding diaryl/α,β-unsaturated/α-hetero) is 1. The summed E-state index contributed by atoms with van der Waals surface area (Å²) in [5.74, 6) is -0.556. The van der Waals surface area contributed by atoms with Crippen LogP contribution in [-0.4, -0.2) is 29.6 Å². The minimum absolute atomic E-state index is 0.149. The lowest BCUT2D eigenvalue weighted by Crippen LogP contribution is -2.30. The number of carbonyl (C=O) groups excluding carboxylic acids is 1. The van der Waals surface area contributed by atoms with Crippen LogP contribution in [0.15, 0.2) is 18.2 Å². The number of benzene rings is 1. The molecule has 1 saturated heterocycles. The maximum absolute atomic E-state index is 13.8. The summed E-state index contributed by atoms with van der Waals surface area (Å²) in [4.78, 5) is 12.9. The Labute approximate surface area is 99.9 Å². The lowest BCUT2D eigenvalue weighted by atomic mass is 10.1. The number of hydrogen-bond acceptors (Lipinski definition) is 3. The molecule has 0 saturated carbocycles. The van der Waals surface area contributed by atoms with Gasteiger partial charge in [-0.15, -0.1) is 0 Å². The molecule has 2 rings (SSSR count). The molecule has 1 heterocycles. The van der Waals surface area contributed by atoms with Crippen molar-refractivity contribution in [3.63, 3.8) is 0 Å². The Kier molecular flexibility index (Phi) is 2.91. The van der Waals surface area contributed by atoms with Gasteiger partial charge in [-0.2, -0.15) is 0 Å². The number of aliphatic hydroxyl groups is 1. The average molecular weight is 237 g/mol. The van der Waals surface area contributed by atoms with Crippen LogP contribution in [0.5, 0.6) is 0 Å². The molecule has 0 amide bonds. The van der Waals surface area contributed by atoms with Gasteiger partial charge in [0.2, 0.25) is 0 Å². The average Bonchev–Trinajstić information content (AvgIpc) is 2.58. The fourth-order valence-corrected chi connectivity index (χ4v) is 2.13. The molecular weight excluding hydrogens is 221 g/mol. The highest BCUT2D eigenvalue weighted by Gasteiger charge is 2.32. The van der Waals surface area contributed by atoms with E-state index in [1.165, 1.54) is 13.0 Å². The van der Waals surface area contributed by atoms with E-state index >= 15 is 0 Å². The molecule has 0 radical (unpaired) electrons. The fraction of sp³-hybridized carbons (Fsp3) is 0.462. The molecule has 1 aromatic carbocycles. The molecule has 17 heavy (non-hydrogen) atoms. The van der Waals surface area contributed by atoms with Crippen LogP contribution in [0.1, 0.15) is 30.6 Å². The van der Waals surface area contributed by atoms with Crippen molar-refractivity contribution in [2.45, 2.75) is 25.9 Å². The number of anilines is 1. The molecule has 3 nitrogen and oxygen atoms in total. The first-order valence-electron chi connectivity index (χ1n) is 5.67. The second kappa shape index (κ2) is 4.11. The van der Waals surface area contributed by atoms with Crippen LogP contribution >= 0.6 is 0 Å². The Balaban J connectivity index is 2.26. The van der Waals surface area contributed by atoms with Gasteiger partial charge < -0.3 is 10.0 Å². The number of nitrogens with zero attached hydrogens (tertiary/aromatic N) is 1. The Morgan fingerprint density at radius 2 is 2.24 bits per heavy atom. The lowest BCUT2D eigenvalue weighted by Gasteiger charge is -2.21. The first-order valence-corrected chi connectivity index (χ1v) is 5.67. The largest absolute Gasteiger partial charge is 0.388 e. The third-order valence-electron chi connectivity index (χ3n) is 3.15. The second-order valence-electron chi connectivity index (χ2n) is 4.89. The van der Waals surface area contributed by atoms with Gasteiger partial charge in [0.25, 0.3) is 0 Å². The molecule has 4 heteroatoms. The Morgan fingerprint density at radius 3 is 2.71 bits per heavy atom. The summed E-state index contributed by atoms with van der Waals surface area (Å²) in [7, 11) is 0. The molecule has 1 aliphatic rings. The Morgan fingerprint density at radius 1 is 1.53 bits per heavy atom. The maximum atomic E-state index is 13.8. The third kappa shape index (κ3) is 2.47. The highest BCUT2D eigenvalue weighted by atomic mass is 19.1. The molecule has 0 aromatic heterocycles. The molecule has 1 unspecified atom stereocenters. The second-order valence-corrected chi connectivity index (χ2v) is 4.89. The first-order chi connectivity index (χ1) is 7.89. The number of hydrogen-bond donors (Lipinski definition) is 1. The van der Waals surface area contributed by atoms with Gasteiger partial charge in [-0.3, -0.25) is 4.79 Å². The van der Waals surface area contributed by atoms with Crippen LogP contribution in [-0.2, 0) is 0 Å². The van der Waals surface area contributed by atoms with Crippen molar-refractivity contribution in [3.05, 3.63) is 29.6 Å². The van der Waals surface area contributed by atoms with Crippen molar-refractivity contribution in [1.82, 2.24) is 0 Å². The van der Waals surface area contributed by atoms with E-state index in [1.807, 2.05) is 0 Å². The van der Waals surface area contributed by atoms with Crippen molar-refractivity contribution in [2.24, 2.45) is 0 Å². The molecule has 0 bridgehead atoms. The van der Waals surface area contributed by atoms with Crippen LogP contribution in [0.2, 0.25) is 0 Å². The maximum Gasteiger partial charge on any atom is 0.159 e. The molecule has 0 aliphatic carbocycles. The predicted molar refractivity (Wildman–Crippen MR) is 63.9 cm³/mol. The molecule has 1 atom stereocenters. The van der Waals surface area contributed by atoms with Crippen LogP contribution in [0.4, 0.5) is 10.1 Å². The van der Waals surface area contributed by atoms with Crippen LogP contribution in [0, 0.1) is 5.82 Å². The zero-order valence-electron chi connectivity index (χ0n) is 10.0. The number of rotatable bonds is 2. The van der Waals surface area contributed by atoms with Gasteiger partial charge in [-0.05, 0) is 38.5 Å².